The van der Waals surface area contributed by atoms with E-state index in [9.17, 15) is 9.59 Å². The predicted octanol–water partition coefficient (Wildman–Crippen LogP) is 3.71. The van der Waals surface area contributed by atoms with Crippen molar-refractivity contribution in [3.63, 3.8) is 0 Å². The number of carbonyl (C=O) groups is 2. The van der Waals surface area contributed by atoms with Crippen LogP contribution in [0.4, 0.5) is 5.69 Å². The molecule has 8 nitrogen and oxygen atoms in total. The van der Waals surface area contributed by atoms with Crippen LogP contribution in [0.2, 0.25) is 0 Å². The van der Waals surface area contributed by atoms with Gasteiger partial charge in [-0.3, -0.25) is 9.59 Å². The van der Waals surface area contributed by atoms with Gasteiger partial charge in [0.25, 0.3) is 5.91 Å². The van der Waals surface area contributed by atoms with Crippen LogP contribution >= 0.6 is 0 Å². The minimum atomic E-state index is -0.111. The van der Waals surface area contributed by atoms with Crippen molar-refractivity contribution in [3.8, 4) is 11.5 Å². The molecule has 0 spiro atoms. The molecule has 1 aromatic carbocycles. The van der Waals surface area contributed by atoms with E-state index in [2.05, 4.69) is 5.32 Å². The second-order valence-corrected chi connectivity index (χ2v) is 7.65. The van der Waals surface area contributed by atoms with Crippen LogP contribution in [0.1, 0.15) is 42.0 Å². The van der Waals surface area contributed by atoms with E-state index in [1.165, 1.54) is 0 Å². The maximum absolute atomic E-state index is 12.8. The largest absolute Gasteiger partial charge is 0.497 e. The summed E-state index contributed by atoms with van der Waals surface area (Å²) in [5, 5.41) is 2.90. The molecule has 1 saturated heterocycles. The van der Waals surface area contributed by atoms with Crippen LogP contribution in [0.3, 0.4) is 0 Å². The van der Waals surface area contributed by atoms with Crippen molar-refractivity contribution in [1.29, 1.82) is 0 Å². The number of anilines is 1. The molecule has 1 aromatic heterocycles. The van der Waals surface area contributed by atoms with Gasteiger partial charge in [-0.15, -0.1) is 0 Å². The average molecular weight is 431 g/mol. The lowest BCUT2D eigenvalue weighted by molar-refractivity contribution is -0.116. The van der Waals surface area contributed by atoms with E-state index in [0.717, 1.165) is 12.8 Å². The van der Waals surface area contributed by atoms with Gasteiger partial charge in [0.15, 0.2) is 5.76 Å². The zero-order valence-corrected chi connectivity index (χ0v) is 18.3. The number of amides is 2. The summed E-state index contributed by atoms with van der Waals surface area (Å²) in [5.74, 6) is 2.28. The number of ether oxygens (including phenoxy) is 3. The molecule has 1 fully saturated rings. The van der Waals surface area contributed by atoms with Gasteiger partial charge in [-0.2, -0.15) is 0 Å². The van der Waals surface area contributed by atoms with Crippen molar-refractivity contribution in [2.24, 2.45) is 5.92 Å². The highest BCUT2D eigenvalue weighted by Crippen LogP contribution is 2.27. The number of hydrogen-bond donors (Lipinski definition) is 1. The van der Waals surface area contributed by atoms with Crippen LogP contribution in [0.15, 0.2) is 34.7 Å². The van der Waals surface area contributed by atoms with Crippen molar-refractivity contribution < 1.29 is 28.2 Å². The second-order valence-electron chi connectivity index (χ2n) is 7.65. The summed E-state index contributed by atoms with van der Waals surface area (Å²) >= 11 is 0. The number of likely N-dealkylation sites (tertiary alicyclic amines) is 1. The minimum Gasteiger partial charge on any atom is -0.497 e. The van der Waals surface area contributed by atoms with E-state index in [0.29, 0.717) is 61.2 Å². The molecule has 0 radical (unpaired) electrons. The second kappa shape index (κ2) is 10.9. The number of methoxy groups -OCH3 is 3. The molecule has 8 heteroatoms. The van der Waals surface area contributed by atoms with Crippen LogP contribution in [0, 0.1) is 5.92 Å². The monoisotopic (exact) mass is 430 g/mol. The van der Waals surface area contributed by atoms with Crippen LogP contribution < -0.4 is 14.8 Å². The first-order valence-corrected chi connectivity index (χ1v) is 10.4. The number of carbonyl (C=O) groups excluding carboxylic acids is 2. The standard InChI is InChI=1S/C23H30N2O6/c1-28-15-18-7-8-21(31-18)23(27)25-10-4-5-16(14-25)6-9-22(26)24-17-11-19(29-2)13-20(12-17)30-3/h7-8,11-13,16H,4-6,9-10,14-15H2,1-3H3,(H,24,26)/t16-/m1/s1. The predicted molar refractivity (Wildman–Crippen MR) is 115 cm³/mol. The van der Waals surface area contributed by atoms with Gasteiger partial charge < -0.3 is 28.8 Å². The normalized spacial score (nSPS) is 16.1. The zero-order valence-electron chi connectivity index (χ0n) is 18.3. The van der Waals surface area contributed by atoms with Gasteiger partial charge in [0.05, 0.1) is 14.2 Å². The Morgan fingerprint density at radius 1 is 1.13 bits per heavy atom. The Labute approximate surface area is 182 Å². The van der Waals surface area contributed by atoms with Gasteiger partial charge in [0.2, 0.25) is 5.91 Å². The van der Waals surface area contributed by atoms with Gasteiger partial charge in [-0.05, 0) is 37.3 Å². The number of hydrogen-bond acceptors (Lipinski definition) is 6. The Morgan fingerprint density at radius 3 is 2.55 bits per heavy atom. The lowest BCUT2D eigenvalue weighted by Crippen LogP contribution is -2.40. The molecule has 2 amide bonds. The van der Waals surface area contributed by atoms with Crippen LogP contribution in [0.5, 0.6) is 11.5 Å². The first-order chi connectivity index (χ1) is 15.0. The van der Waals surface area contributed by atoms with Crippen molar-refractivity contribution in [2.45, 2.75) is 32.3 Å². The summed E-state index contributed by atoms with van der Waals surface area (Å²) in [7, 11) is 4.72. The highest BCUT2D eigenvalue weighted by atomic mass is 16.5. The molecule has 0 aliphatic carbocycles. The fourth-order valence-electron chi connectivity index (χ4n) is 3.79. The summed E-state index contributed by atoms with van der Waals surface area (Å²) in [6.07, 6.45) is 3.00. The number of benzene rings is 1. The Balaban J connectivity index is 1.51. The molecule has 2 heterocycles. The molecular formula is C23H30N2O6. The Kier molecular flexibility index (Phi) is 7.94. The van der Waals surface area contributed by atoms with Crippen molar-refractivity contribution >= 4 is 17.5 Å². The fourth-order valence-corrected chi connectivity index (χ4v) is 3.79. The molecule has 31 heavy (non-hydrogen) atoms. The number of nitrogens with zero attached hydrogens (tertiary/aromatic N) is 1. The summed E-state index contributed by atoms with van der Waals surface area (Å²) < 4.78 is 21.1. The Hall–Kier alpha value is -3.00. The van der Waals surface area contributed by atoms with E-state index in [1.54, 1.807) is 51.7 Å². The highest BCUT2D eigenvalue weighted by molar-refractivity contribution is 5.92. The summed E-state index contributed by atoms with van der Waals surface area (Å²) in [4.78, 5) is 27.0. The fraction of sp³-hybridized carbons (Fsp3) is 0.478. The molecule has 1 atom stereocenters. The first-order valence-electron chi connectivity index (χ1n) is 10.4. The van der Waals surface area contributed by atoms with Gasteiger partial charge in [-0.25, -0.2) is 0 Å². The molecule has 1 N–H and O–H groups in total. The molecular weight excluding hydrogens is 400 g/mol. The highest BCUT2D eigenvalue weighted by Gasteiger charge is 2.26. The van der Waals surface area contributed by atoms with E-state index in [4.69, 9.17) is 18.6 Å². The van der Waals surface area contributed by atoms with Crippen LogP contribution in [-0.2, 0) is 16.1 Å². The molecule has 0 bridgehead atoms. The third-order valence-electron chi connectivity index (χ3n) is 5.38. The van der Waals surface area contributed by atoms with Crippen molar-refractivity contribution in [1.82, 2.24) is 4.90 Å². The maximum atomic E-state index is 12.8. The maximum Gasteiger partial charge on any atom is 0.289 e. The third-order valence-corrected chi connectivity index (χ3v) is 5.38. The van der Waals surface area contributed by atoms with Gasteiger partial charge in [0.1, 0.15) is 23.9 Å². The van der Waals surface area contributed by atoms with Crippen molar-refractivity contribution in [3.05, 3.63) is 41.9 Å². The average Bonchev–Trinajstić information content (AvgIpc) is 3.26. The molecule has 2 aromatic rings. The zero-order chi connectivity index (χ0) is 22.2. The lowest BCUT2D eigenvalue weighted by atomic mass is 9.93. The molecule has 1 aliphatic rings. The quantitative estimate of drug-likeness (QED) is 0.652. The number of furan rings is 1. The summed E-state index contributed by atoms with van der Waals surface area (Å²) in [5.41, 5.74) is 0.631. The molecule has 3 rings (SSSR count). The lowest BCUT2D eigenvalue weighted by Gasteiger charge is -2.32. The van der Waals surface area contributed by atoms with Gasteiger partial charge in [0, 0.05) is 50.5 Å². The van der Waals surface area contributed by atoms with E-state index in [-0.39, 0.29) is 17.7 Å². The first kappa shape index (κ1) is 22.7. The Bertz CT molecular complexity index is 872. The number of piperidine rings is 1. The SMILES string of the molecule is COCc1ccc(C(=O)N2CCC[C@H](CCC(=O)Nc3cc(OC)cc(OC)c3)C2)o1. The third kappa shape index (κ3) is 6.24. The number of rotatable bonds is 9. The molecule has 1 aliphatic heterocycles. The van der Waals surface area contributed by atoms with Crippen molar-refractivity contribution in [2.75, 3.05) is 39.7 Å². The topological polar surface area (TPSA) is 90.2 Å². The molecule has 168 valence electrons. The molecule has 0 unspecified atom stereocenters. The van der Waals surface area contributed by atoms with Crippen LogP contribution in [0.25, 0.3) is 0 Å². The van der Waals surface area contributed by atoms with E-state index >= 15 is 0 Å². The Morgan fingerprint density at radius 2 is 1.87 bits per heavy atom. The minimum absolute atomic E-state index is 0.0750. The summed E-state index contributed by atoms with van der Waals surface area (Å²) in [6, 6.07) is 8.71. The van der Waals surface area contributed by atoms with Crippen LogP contribution in [-0.4, -0.2) is 51.1 Å². The van der Waals surface area contributed by atoms with E-state index in [1.807, 2.05) is 4.90 Å². The van der Waals surface area contributed by atoms with E-state index < -0.39 is 0 Å². The smallest absolute Gasteiger partial charge is 0.289 e. The van der Waals surface area contributed by atoms with Gasteiger partial charge >= 0.3 is 0 Å². The molecule has 0 saturated carbocycles. The van der Waals surface area contributed by atoms with Gasteiger partial charge in [-0.1, -0.05) is 0 Å². The summed E-state index contributed by atoms with van der Waals surface area (Å²) in [6.45, 7) is 1.66. The number of nitrogens with one attached hydrogen (secondary N) is 1.